The van der Waals surface area contributed by atoms with E-state index in [1.807, 2.05) is 12.1 Å². The third-order valence-electron chi connectivity index (χ3n) is 3.47. The zero-order valence-electron chi connectivity index (χ0n) is 13.4. The number of carbonyl (C=O) groups is 1. The van der Waals surface area contributed by atoms with Crippen molar-refractivity contribution in [2.45, 2.75) is 11.4 Å². The molecule has 2 aromatic rings. The van der Waals surface area contributed by atoms with Crippen LogP contribution >= 0.6 is 11.6 Å². The highest BCUT2D eigenvalue weighted by molar-refractivity contribution is 7.92. The maximum Gasteiger partial charge on any atom is 0.238 e. The lowest BCUT2D eigenvalue weighted by Crippen LogP contribution is -2.32. The van der Waals surface area contributed by atoms with Crippen molar-refractivity contribution >= 4 is 27.3 Å². The number of rotatable bonds is 6. The number of carbonyl (C=O) groups excluding carboxylic acids is 1. The van der Waals surface area contributed by atoms with Crippen molar-refractivity contribution in [3.05, 3.63) is 59.1 Å². The molecule has 0 bridgehead atoms. The molecule has 5 nitrogen and oxygen atoms in total. The number of ether oxygens (including phenoxy) is 1. The highest BCUT2D eigenvalue weighted by Crippen LogP contribution is 2.17. The van der Waals surface area contributed by atoms with Gasteiger partial charge in [0.05, 0.1) is 12.0 Å². The van der Waals surface area contributed by atoms with E-state index in [4.69, 9.17) is 16.3 Å². The molecule has 128 valence electrons. The van der Waals surface area contributed by atoms with E-state index >= 15 is 0 Å². The summed E-state index contributed by atoms with van der Waals surface area (Å²) in [4.78, 5) is 13.7. The summed E-state index contributed by atoms with van der Waals surface area (Å²) in [5.74, 6) is -0.385. The summed E-state index contributed by atoms with van der Waals surface area (Å²) >= 11 is 5.75. The van der Waals surface area contributed by atoms with Crippen LogP contribution in [-0.4, -0.2) is 39.1 Å². The van der Waals surface area contributed by atoms with Gasteiger partial charge in [0, 0.05) is 18.6 Å². The first-order valence-electron chi connectivity index (χ1n) is 7.17. The van der Waals surface area contributed by atoms with E-state index in [9.17, 15) is 13.2 Å². The minimum Gasteiger partial charge on any atom is -0.497 e. The third kappa shape index (κ3) is 4.72. The largest absolute Gasteiger partial charge is 0.497 e. The number of hydrogen-bond donors (Lipinski definition) is 0. The van der Waals surface area contributed by atoms with Crippen LogP contribution in [0.4, 0.5) is 0 Å². The molecule has 0 aromatic heterocycles. The van der Waals surface area contributed by atoms with Crippen molar-refractivity contribution in [3.8, 4) is 5.75 Å². The van der Waals surface area contributed by atoms with Gasteiger partial charge in [-0.05, 0) is 42.0 Å². The van der Waals surface area contributed by atoms with Crippen LogP contribution in [0.2, 0.25) is 5.02 Å². The minimum atomic E-state index is -3.70. The summed E-state index contributed by atoms with van der Waals surface area (Å²) in [5, 5.41) is 0.440. The molecule has 2 aromatic carbocycles. The molecular formula is C17H18ClNO4S. The van der Waals surface area contributed by atoms with Crippen molar-refractivity contribution < 1.29 is 17.9 Å². The highest BCUT2D eigenvalue weighted by atomic mass is 35.5. The summed E-state index contributed by atoms with van der Waals surface area (Å²) in [6.45, 7) is 0.298. The Morgan fingerprint density at radius 1 is 1.17 bits per heavy atom. The molecule has 7 heteroatoms. The van der Waals surface area contributed by atoms with Crippen LogP contribution in [0.1, 0.15) is 5.56 Å². The number of halogens is 1. The van der Waals surface area contributed by atoms with Gasteiger partial charge in [0.1, 0.15) is 11.5 Å². The molecule has 1 amide bonds. The lowest BCUT2D eigenvalue weighted by atomic mass is 10.2. The minimum absolute atomic E-state index is 0.0787. The zero-order chi connectivity index (χ0) is 17.7. The van der Waals surface area contributed by atoms with E-state index in [0.29, 0.717) is 17.3 Å². The number of nitrogens with zero attached hydrogens (tertiary/aromatic N) is 1. The van der Waals surface area contributed by atoms with Gasteiger partial charge in [-0.2, -0.15) is 0 Å². The molecule has 0 aliphatic rings. The van der Waals surface area contributed by atoms with Crippen molar-refractivity contribution in [3.63, 3.8) is 0 Å². The van der Waals surface area contributed by atoms with Gasteiger partial charge < -0.3 is 9.64 Å². The Balaban J connectivity index is 2.06. The summed E-state index contributed by atoms with van der Waals surface area (Å²) in [5.41, 5.74) is 0.856. The fourth-order valence-corrected chi connectivity index (χ4v) is 3.52. The van der Waals surface area contributed by atoms with Crippen molar-refractivity contribution in [1.29, 1.82) is 0 Å². The van der Waals surface area contributed by atoms with Crippen LogP contribution < -0.4 is 4.74 Å². The van der Waals surface area contributed by atoms with Gasteiger partial charge >= 0.3 is 0 Å². The summed E-state index contributed by atoms with van der Waals surface area (Å²) < 4.78 is 29.7. The van der Waals surface area contributed by atoms with Crippen molar-refractivity contribution in [2.24, 2.45) is 0 Å². The van der Waals surface area contributed by atoms with Crippen LogP contribution in [0.5, 0.6) is 5.75 Å². The SMILES string of the molecule is COc1cccc(CN(C)C(=O)CS(=O)(=O)c2ccc(Cl)cc2)c1. The third-order valence-corrected chi connectivity index (χ3v) is 5.34. The Morgan fingerprint density at radius 2 is 1.83 bits per heavy atom. The van der Waals surface area contributed by atoms with Gasteiger partial charge in [0.2, 0.25) is 5.91 Å². The molecule has 0 heterocycles. The van der Waals surface area contributed by atoms with Gasteiger partial charge in [-0.3, -0.25) is 4.79 Å². The molecule has 0 spiro atoms. The number of methoxy groups -OCH3 is 1. The molecule has 0 N–H and O–H groups in total. The number of benzene rings is 2. The predicted octanol–water partition coefficient (Wildman–Crippen LogP) is 2.78. The number of hydrogen-bond acceptors (Lipinski definition) is 4. The smallest absolute Gasteiger partial charge is 0.238 e. The molecule has 0 saturated carbocycles. The quantitative estimate of drug-likeness (QED) is 0.787. The number of sulfone groups is 1. The molecular weight excluding hydrogens is 350 g/mol. The molecule has 0 aliphatic carbocycles. The van der Waals surface area contributed by atoms with Gasteiger partial charge in [-0.25, -0.2) is 8.42 Å². The fourth-order valence-electron chi connectivity index (χ4n) is 2.13. The average Bonchev–Trinajstić information content (AvgIpc) is 2.55. The van der Waals surface area contributed by atoms with Gasteiger partial charge in [-0.1, -0.05) is 23.7 Å². The molecule has 0 radical (unpaired) electrons. The Bertz CT molecular complexity index is 819. The predicted molar refractivity (Wildman–Crippen MR) is 93.0 cm³/mol. The second-order valence-corrected chi connectivity index (χ2v) is 7.74. The molecule has 2 rings (SSSR count). The average molecular weight is 368 g/mol. The molecule has 0 unspecified atom stereocenters. The Morgan fingerprint density at radius 3 is 2.46 bits per heavy atom. The first kappa shape index (κ1) is 18.3. The van der Waals surface area contributed by atoms with Crippen LogP contribution in [-0.2, 0) is 21.2 Å². The number of amides is 1. The summed E-state index contributed by atoms with van der Waals surface area (Å²) in [6, 6.07) is 13.0. The van der Waals surface area contributed by atoms with E-state index in [1.54, 1.807) is 26.3 Å². The molecule has 0 saturated heterocycles. The van der Waals surface area contributed by atoms with E-state index in [-0.39, 0.29) is 4.90 Å². The van der Waals surface area contributed by atoms with Crippen molar-refractivity contribution in [1.82, 2.24) is 4.90 Å². The standard InChI is InChI=1S/C17H18ClNO4S/c1-19(11-13-4-3-5-15(10-13)23-2)17(20)12-24(21,22)16-8-6-14(18)7-9-16/h3-10H,11-12H2,1-2H3. The van der Waals surface area contributed by atoms with Gasteiger partial charge in [0.25, 0.3) is 0 Å². The van der Waals surface area contributed by atoms with E-state index in [1.165, 1.54) is 29.2 Å². The Hall–Kier alpha value is -2.05. The van der Waals surface area contributed by atoms with Crippen molar-refractivity contribution in [2.75, 3.05) is 19.9 Å². The van der Waals surface area contributed by atoms with E-state index in [2.05, 4.69) is 0 Å². The normalized spacial score (nSPS) is 11.1. The first-order chi connectivity index (χ1) is 11.3. The second kappa shape index (κ2) is 7.68. The molecule has 24 heavy (non-hydrogen) atoms. The lowest BCUT2D eigenvalue weighted by Gasteiger charge is -2.17. The zero-order valence-corrected chi connectivity index (χ0v) is 15.0. The van der Waals surface area contributed by atoms with E-state index in [0.717, 1.165) is 5.56 Å². The van der Waals surface area contributed by atoms with Crippen LogP contribution in [0.25, 0.3) is 0 Å². The van der Waals surface area contributed by atoms with Gasteiger partial charge in [0.15, 0.2) is 9.84 Å². The Labute approximate surface area is 146 Å². The van der Waals surface area contributed by atoms with Crippen LogP contribution in [0, 0.1) is 0 Å². The topological polar surface area (TPSA) is 63.7 Å². The van der Waals surface area contributed by atoms with Crippen LogP contribution in [0.15, 0.2) is 53.4 Å². The maximum atomic E-state index is 12.3. The Kier molecular flexibility index (Phi) is 5.85. The highest BCUT2D eigenvalue weighted by Gasteiger charge is 2.22. The molecule has 0 fully saturated rings. The lowest BCUT2D eigenvalue weighted by molar-refractivity contribution is -0.127. The monoisotopic (exact) mass is 367 g/mol. The first-order valence-corrected chi connectivity index (χ1v) is 9.20. The second-order valence-electron chi connectivity index (χ2n) is 5.31. The summed E-state index contributed by atoms with van der Waals surface area (Å²) in [7, 11) is -0.570. The molecule has 0 atom stereocenters. The maximum absolute atomic E-state index is 12.3. The molecule has 0 aliphatic heterocycles. The summed E-state index contributed by atoms with van der Waals surface area (Å²) in [6.07, 6.45) is 0. The van der Waals surface area contributed by atoms with Gasteiger partial charge in [-0.15, -0.1) is 0 Å². The van der Waals surface area contributed by atoms with Crippen LogP contribution in [0.3, 0.4) is 0 Å². The fraction of sp³-hybridized carbons (Fsp3) is 0.235. The van der Waals surface area contributed by atoms with E-state index < -0.39 is 21.5 Å².